The van der Waals surface area contributed by atoms with Gasteiger partial charge in [0, 0.05) is 6.21 Å². The molecule has 0 saturated heterocycles. The van der Waals surface area contributed by atoms with Gasteiger partial charge in [0.25, 0.3) is 0 Å². The first kappa shape index (κ1) is 11.8. The lowest BCUT2D eigenvalue weighted by molar-refractivity contribution is 0.0378. The van der Waals surface area contributed by atoms with E-state index in [1.165, 1.54) is 0 Å². The lowest BCUT2D eigenvalue weighted by atomic mass is 10.1. The van der Waals surface area contributed by atoms with Crippen molar-refractivity contribution >= 4 is 25.0 Å². The SMILES string of the molecule is CC(C)OC(=O)c1ccc(C=NS)cc1. The van der Waals surface area contributed by atoms with Crippen LogP contribution in [0.1, 0.15) is 29.8 Å². The summed E-state index contributed by atoms with van der Waals surface area (Å²) in [7, 11) is 0. The first-order valence-corrected chi connectivity index (χ1v) is 5.02. The second-order valence-corrected chi connectivity index (χ2v) is 3.55. The summed E-state index contributed by atoms with van der Waals surface area (Å²) in [5.41, 5.74) is 1.44. The van der Waals surface area contributed by atoms with Gasteiger partial charge in [0.05, 0.1) is 11.7 Å². The van der Waals surface area contributed by atoms with E-state index >= 15 is 0 Å². The van der Waals surface area contributed by atoms with Crippen molar-refractivity contribution in [2.24, 2.45) is 4.40 Å². The first-order chi connectivity index (χ1) is 7.13. The second kappa shape index (κ2) is 5.56. The Bertz CT molecular complexity index is 357. The van der Waals surface area contributed by atoms with Gasteiger partial charge in [0.15, 0.2) is 0 Å². The number of esters is 1. The van der Waals surface area contributed by atoms with Gasteiger partial charge in [-0.25, -0.2) is 9.19 Å². The van der Waals surface area contributed by atoms with Gasteiger partial charge in [-0.1, -0.05) is 12.1 Å². The number of carbonyl (C=O) groups excluding carboxylic acids is 1. The zero-order valence-corrected chi connectivity index (χ0v) is 9.57. The third-order valence-corrected chi connectivity index (χ3v) is 1.81. The quantitative estimate of drug-likeness (QED) is 0.486. The van der Waals surface area contributed by atoms with Gasteiger partial charge in [-0.05, 0) is 44.4 Å². The molecule has 80 valence electrons. The lowest BCUT2D eigenvalue weighted by Gasteiger charge is -2.07. The van der Waals surface area contributed by atoms with Crippen molar-refractivity contribution in [3.05, 3.63) is 35.4 Å². The van der Waals surface area contributed by atoms with E-state index in [-0.39, 0.29) is 12.1 Å². The fraction of sp³-hybridized carbons (Fsp3) is 0.273. The summed E-state index contributed by atoms with van der Waals surface area (Å²) in [6.45, 7) is 3.64. The smallest absolute Gasteiger partial charge is 0.338 e. The number of nitrogens with zero attached hydrogens (tertiary/aromatic N) is 1. The van der Waals surface area contributed by atoms with Crippen molar-refractivity contribution in [3.8, 4) is 0 Å². The van der Waals surface area contributed by atoms with Crippen LogP contribution in [-0.4, -0.2) is 18.3 Å². The van der Waals surface area contributed by atoms with Gasteiger partial charge >= 0.3 is 5.97 Å². The Morgan fingerprint density at radius 3 is 2.47 bits per heavy atom. The molecule has 0 aliphatic carbocycles. The molecule has 3 nitrogen and oxygen atoms in total. The van der Waals surface area contributed by atoms with Crippen LogP contribution in [0.5, 0.6) is 0 Å². The first-order valence-electron chi connectivity index (χ1n) is 4.62. The van der Waals surface area contributed by atoms with E-state index in [1.54, 1.807) is 30.5 Å². The predicted molar refractivity (Wildman–Crippen MR) is 63.6 cm³/mol. The maximum Gasteiger partial charge on any atom is 0.338 e. The molecule has 0 aromatic heterocycles. The van der Waals surface area contributed by atoms with Gasteiger partial charge in [0.1, 0.15) is 0 Å². The Balaban J connectivity index is 2.75. The zero-order chi connectivity index (χ0) is 11.3. The molecule has 0 bridgehead atoms. The normalized spacial score (nSPS) is 10.9. The minimum absolute atomic E-state index is 0.101. The van der Waals surface area contributed by atoms with Gasteiger partial charge in [-0.2, -0.15) is 0 Å². The number of carbonyl (C=O) groups is 1. The molecule has 4 heteroatoms. The molecule has 1 rings (SSSR count). The molecule has 15 heavy (non-hydrogen) atoms. The minimum atomic E-state index is -0.306. The van der Waals surface area contributed by atoms with Gasteiger partial charge < -0.3 is 4.74 Å². The third-order valence-electron chi connectivity index (χ3n) is 1.70. The summed E-state index contributed by atoms with van der Waals surface area (Å²) in [6.07, 6.45) is 1.50. The number of hydrogen-bond donors (Lipinski definition) is 1. The molecule has 0 radical (unpaired) electrons. The fourth-order valence-electron chi connectivity index (χ4n) is 1.05. The van der Waals surface area contributed by atoms with Crippen molar-refractivity contribution in [1.82, 2.24) is 0 Å². The molecule has 0 saturated carbocycles. The topological polar surface area (TPSA) is 38.7 Å². The van der Waals surface area contributed by atoms with Crippen LogP contribution in [0.3, 0.4) is 0 Å². The van der Waals surface area contributed by atoms with Gasteiger partial charge in [-0.15, -0.1) is 0 Å². The van der Waals surface area contributed by atoms with E-state index in [2.05, 4.69) is 17.2 Å². The molecule has 0 atom stereocenters. The molecule has 0 aliphatic rings. The number of rotatable bonds is 3. The van der Waals surface area contributed by atoms with Crippen LogP contribution < -0.4 is 0 Å². The maximum atomic E-state index is 11.5. The van der Waals surface area contributed by atoms with Gasteiger partial charge in [0.2, 0.25) is 0 Å². The van der Waals surface area contributed by atoms with Crippen LogP contribution in [0, 0.1) is 0 Å². The minimum Gasteiger partial charge on any atom is -0.459 e. The second-order valence-electron chi connectivity index (χ2n) is 3.32. The number of benzene rings is 1. The van der Waals surface area contributed by atoms with Gasteiger partial charge in [-0.3, -0.25) is 0 Å². The van der Waals surface area contributed by atoms with Crippen molar-refractivity contribution in [1.29, 1.82) is 0 Å². The van der Waals surface area contributed by atoms with Crippen LogP contribution in [0.25, 0.3) is 0 Å². The lowest BCUT2D eigenvalue weighted by Crippen LogP contribution is -2.11. The molecule has 0 heterocycles. The number of thiol groups is 1. The van der Waals surface area contributed by atoms with Crippen LogP contribution >= 0.6 is 12.8 Å². The Kier molecular flexibility index (Phi) is 4.37. The molecule has 0 amide bonds. The zero-order valence-electron chi connectivity index (χ0n) is 8.68. The van der Waals surface area contributed by atoms with E-state index in [0.717, 1.165) is 5.56 Å². The molecule has 0 fully saturated rings. The summed E-state index contributed by atoms with van der Waals surface area (Å²) in [4.78, 5) is 11.5. The molecule has 0 aliphatic heterocycles. The van der Waals surface area contributed by atoms with Crippen molar-refractivity contribution in [3.63, 3.8) is 0 Å². The Morgan fingerprint density at radius 1 is 1.40 bits per heavy atom. The van der Waals surface area contributed by atoms with Crippen LogP contribution in [-0.2, 0) is 4.74 Å². The van der Waals surface area contributed by atoms with E-state index < -0.39 is 0 Å². The number of hydrogen-bond acceptors (Lipinski definition) is 4. The Labute approximate surface area is 94.7 Å². The summed E-state index contributed by atoms with van der Waals surface area (Å²) in [5, 5.41) is 0. The average Bonchev–Trinajstić information content (AvgIpc) is 2.18. The van der Waals surface area contributed by atoms with E-state index in [0.29, 0.717) is 5.56 Å². The highest BCUT2D eigenvalue weighted by Gasteiger charge is 2.07. The fourth-order valence-corrected chi connectivity index (χ4v) is 1.19. The Hall–Kier alpha value is -1.29. The average molecular weight is 223 g/mol. The molecule has 0 unspecified atom stereocenters. The summed E-state index contributed by atoms with van der Waals surface area (Å²) >= 11 is 3.72. The van der Waals surface area contributed by atoms with Crippen molar-refractivity contribution in [2.45, 2.75) is 20.0 Å². The summed E-state index contributed by atoms with van der Waals surface area (Å²) in [5.74, 6) is -0.306. The molecule has 1 aromatic carbocycles. The Morgan fingerprint density at radius 2 is 2.00 bits per heavy atom. The maximum absolute atomic E-state index is 11.5. The van der Waals surface area contributed by atoms with Crippen LogP contribution in [0.15, 0.2) is 28.7 Å². The molecule has 1 aromatic rings. The monoisotopic (exact) mass is 223 g/mol. The van der Waals surface area contributed by atoms with Crippen molar-refractivity contribution in [2.75, 3.05) is 0 Å². The van der Waals surface area contributed by atoms with Crippen molar-refractivity contribution < 1.29 is 9.53 Å². The number of ether oxygens (including phenoxy) is 1. The molecular weight excluding hydrogens is 210 g/mol. The highest BCUT2D eigenvalue weighted by molar-refractivity contribution is 7.79. The van der Waals surface area contributed by atoms with Crippen LogP contribution in [0.4, 0.5) is 0 Å². The standard InChI is InChI=1S/C11H13NO2S/c1-8(2)14-11(13)10-5-3-9(4-6-10)7-12-15/h3-8,15H,1-2H3. The molecular formula is C11H13NO2S. The highest BCUT2D eigenvalue weighted by Crippen LogP contribution is 2.06. The van der Waals surface area contributed by atoms with E-state index in [1.807, 2.05) is 13.8 Å². The summed E-state index contributed by atoms with van der Waals surface area (Å²) in [6, 6.07) is 6.98. The summed E-state index contributed by atoms with van der Waals surface area (Å²) < 4.78 is 8.63. The van der Waals surface area contributed by atoms with Crippen LogP contribution in [0.2, 0.25) is 0 Å². The predicted octanol–water partition coefficient (Wildman–Crippen LogP) is 2.52. The van der Waals surface area contributed by atoms with E-state index in [9.17, 15) is 4.79 Å². The highest BCUT2D eigenvalue weighted by atomic mass is 32.1. The molecule has 0 N–H and O–H groups in total. The molecule has 0 spiro atoms. The van der Waals surface area contributed by atoms with E-state index in [4.69, 9.17) is 4.74 Å². The largest absolute Gasteiger partial charge is 0.459 e. The third kappa shape index (κ3) is 3.75.